The summed E-state index contributed by atoms with van der Waals surface area (Å²) in [5, 5.41) is 0. The Morgan fingerprint density at radius 1 is 1.09 bits per heavy atom. The summed E-state index contributed by atoms with van der Waals surface area (Å²) < 4.78 is 5.11. The van der Waals surface area contributed by atoms with Crippen molar-refractivity contribution in [3.8, 4) is 0 Å². The average molecular weight is 335 g/mol. The lowest BCUT2D eigenvalue weighted by Gasteiger charge is -2.19. The van der Waals surface area contributed by atoms with Crippen molar-refractivity contribution in [2.75, 3.05) is 25.4 Å². The second kappa shape index (κ2) is 9.60. The summed E-state index contributed by atoms with van der Waals surface area (Å²) in [6, 6.07) is 8.21. The molecule has 0 radical (unpaired) electrons. The van der Waals surface area contributed by atoms with Crippen LogP contribution in [-0.2, 0) is 14.3 Å². The fraction of sp³-hybridized carbons (Fsp3) is 0.556. The van der Waals surface area contributed by atoms with Crippen molar-refractivity contribution in [1.82, 2.24) is 4.90 Å². The number of hydrogen-bond donors (Lipinski definition) is 0. The van der Waals surface area contributed by atoms with Crippen LogP contribution in [-0.4, -0.2) is 42.2 Å². The van der Waals surface area contributed by atoms with Crippen molar-refractivity contribution in [3.63, 3.8) is 0 Å². The maximum absolute atomic E-state index is 12.0. The molecule has 0 N–H and O–H groups in total. The Kier molecular flexibility index (Phi) is 7.46. The van der Waals surface area contributed by atoms with Gasteiger partial charge in [-0.3, -0.25) is 9.59 Å². The Hall–Kier alpha value is -1.49. The second-order valence-corrected chi connectivity index (χ2v) is 7.04. The first-order valence-corrected chi connectivity index (χ1v) is 9.26. The van der Waals surface area contributed by atoms with Gasteiger partial charge in [-0.15, -0.1) is 11.8 Å². The Morgan fingerprint density at radius 2 is 1.74 bits per heavy atom. The van der Waals surface area contributed by atoms with Crippen molar-refractivity contribution >= 4 is 23.6 Å². The number of likely N-dealkylation sites (tertiary alicyclic amines) is 1. The smallest absolute Gasteiger partial charge is 0.307 e. The van der Waals surface area contributed by atoms with E-state index in [0.29, 0.717) is 12.2 Å². The highest BCUT2D eigenvalue weighted by molar-refractivity contribution is 7.99. The fourth-order valence-corrected chi connectivity index (χ4v) is 3.35. The molecule has 1 saturated heterocycles. The molecule has 126 valence electrons. The summed E-state index contributed by atoms with van der Waals surface area (Å²) in [5.41, 5.74) is 1.22. The number of thioether (sulfide) groups is 1. The number of hydrogen-bond acceptors (Lipinski definition) is 4. The predicted molar refractivity (Wildman–Crippen MR) is 92.5 cm³/mol. The molecule has 0 atom stereocenters. The van der Waals surface area contributed by atoms with E-state index < -0.39 is 0 Å². The van der Waals surface area contributed by atoms with Gasteiger partial charge in [-0.1, -0.05) is 30.5 Å². The first kappa shape index (κ1) is 17.9. The molecule has 1 amide bonds. The molecule has 1 aromatic rings. The van der Waals surface area contributed by atoms with E-state index in [2.05, 4.69) is 12.1 Å². The molecule has 1 heterocycles. The second-order valence-electron chi connectivity index (χ2n) is 5.87. The third kappa shape index (κ3) is 6.65. The molecule has 0 unspecified atom stereocenters. The number of benzene rings is 1. The molecule has 5 heteroatoms. The minimum atomic E-state index is -0.298. The van der Waals surface area contributed by atoms with E-state index in [9.17, 15) is 9.59 Å². The SMILES string of the molecule is Cc1ccc(SCCC(=O)OCC(=O)N2CCCCCC2)cc1. The lowest BCUT2D eigenvalue weighted by Crippen LogP contribution is -2.35. The number of ether oxygens (including phenoxy) is 1. The summed E-state index contributed by atoms with van der Waals surface area (Å²) in [5.74, 6) is 0.305. The van der Waals surface area contributed by atoms with Crippen LogP contribution in [0.25, 0.3) is 0 Å². The minimum absolute atomic E-state index is 0.0635. The molecule has 1 fully saturated rings. The van der Waals surface area contributed by atoms with Crippen LogP contribution in [0.15, 0.2) is 29.2 Å². The van der Waals surface area contributed by atoms with Gasteiger partial charge in [0.05, 0.1) is 6.42 Å². The van der Waals surface area contributed by atoms with Gasteiger partial charge in [-0.25, -0.2) is 0 Å². The largest absolute Gasteiger partial charge is 0.456 e. The van der Waals surface area contributed by atoms with Crippen molar-refractivity contribution in [2.24, 2.45) is 0 Å². The quantitative estimate of drug-likeness (QED) is 0.590. The standard InChI is InChI=1S/C18H25NO3S/c1-15-6-8-16(9-7-15)23-13-10-18(21)22-14-17(20)19-11-4-2-3-5-12-19/h6-9H,2-5,10-14H2,1H3. The predicted octanol–water partition coefficient (Wildman–Crippen LogP) is 3.42. The Bertz CT molecular complexity index is 508. The van der Waals surface area contributed by atoms with Gasteiger partial charge in [0.2, 0.25) is 0 Å². The van der Waals surface area contributed by atoms with Gasteiger partial charge in [0.1, 0.15) is 0 Å². The highest BCUT2D eigenvalue weighted by Gasteiger charge is 2.17. The fourth-order valence-electron chi connectivity index (χ4n) is 2.51. The summed E-state index contributed by atoms with van der Waals surface area (Å²) in [6.07, 6.45) is 4.78. The Labute approximate surface area is 142 Å². The van der Waals surface area contributed by atoms with E-state index in [-0.39, 0.29) is 18.5 Å². The zero-order valence-corrected chi connectivity index (χ0v) is 14.6. The number of amides is 1. The molecule has 1 aromatic carbocycles. The van der Waals surface area contributed by atoms with Crippen molar-refractivity contribution in [3.05, 3.63) is 29.8 Å². The number of rotatable bonds is 6. The highest BCUT2D eigenvalue weighted by atomic mass is 32.2. The molecule has 0 bridgehead atoms. The van der Waals surface area contributed by atoms with Crippen LogP contribution in [0, 0.1) is 6.92 Å². The third-order valence-electron chi connectivity index (χ3n) is 3.91. The van der Waals surface area contributed by atoms with Crippen LogP contribution >= 0.6 is 11.8 Å². The van der Waals surface area contributed by atoms with E-state index in [1.165, 1.54) is 18.4 Å². The summed E-state index contributed by atoms with van der Waals surface area (Å²) >= 11 is 1.63. The molecule has 1 aliphatic heterocycles. The molecule has 0 saturated carbocycles. The zero-order valence-electron chi connectivity index (χ0n) is 13.8. The van der Waals surface area contributed by atoms with Crippen LogP contribution in [0.5, 0.6) is 0 Å². The van der Waals surface area contributed by atoms with Crippen LogP contribution < -0.4 is 0 Å². The summed E-state index contributed by atoms with van der Waals surface area (Å²) in [6.45, 7) is 3.51. The monoisotopic (exact) mass is 335 g/mol. The van der Waals surface area contributed by atoms with Crippen molar-refractivity contribution < 1.29 is 14.3 Å². The van der Waals surface area contributed by atoms with E-state index in [4.69, 9.17) is 4.74 Å². The normalized spacial score (nSPS) is 15.1. The van der Waals surface area contributed by atoms with Gasteiger partial charge in [-0.2, -0.15) is 0 Å². The molecular formula is C18H25NO3S. The van der Waals surface area contributed by atoms with Crippen molar-refractivity contribution in [2.45, 2.75) is 43.9 Å². The third-order valence-corrected chi connectivity index (χ3v) is 4.93. The number of carbonyl (C=O) groups excluding carboxylic acids is 2. The Balaban J connectivity index is 1.62. The number of esters is 1. The van der Waals surface area contributed by atoms with E-state index in [0.717, 1.165) is 30.8 Å². The highest BCUT2D eigenvalue weighted by Crippen LogP contribution is 2.19. The molecular weight excluding hydrogens is 310 g/mol. The maximum Gasteiger partial charge on any atom is 0.307 e. The zero-order chi connectivity index (χ0) is 16.5. The van der Waals surface area contributed by atoms with Gasteiger partial charge in [0.25, 0.3) is 5.91 Å². The van der Waals surface area contributed by atoms with Crippen LogP contribution in [0.2, 0.25) is 0 Å². The first-order chi connectivity index (χ1) is 11.1. The van der Waals surface area contributed by atoms with Crippen molar-refractivity contribution in [1.29, 1.82) is 0 Å². The first-order valence-electron chi connectivity index (χ1n) is 8.28. The van der Waals surface area contributed by atoms with Gasteiger partial charge in [-0.05, 0) is 31.9 Å². The lowest BCUT2D eigenvalue weighted by molar-refractivity contribution is -0.151. The van der Waals surface area contributed by atoms with E-state index >= 15 is 0 Å². The number of aryl methyl sites for hydroxylation is 1. The van der Waals surface area contributed by atoms with Crippen LogP contribution in [0.3, 0.4) is 0 Å². The molecule has 2 rings (SSSR count). The van der Waals surface area contributed by atoms with Gasteiger partial charge in [0.15, 0.2) is 6.61 Å². The van der Waals surface area contributed by atoms with Gasteiger partial charge >= 0.3 is 5.97 Å². The molecule has 4 nitrogen and oxygen atoms in total. The molecule has 0 aliphatic carbocycles. The molecule has 1 aliphatic rings. The minimum Gasteiger partial charge on any atom is -0.456 e. The number of carbonyl (C=O) groups is 2. The molecule has 23 heavy (non-hydrogen) atoms. The summed E-state index contributed by atoms with van der Waals surface area (Å²) in [7, 11) is 0. The van der Waals surface area contributed by atoms with Crippen LogP contribution in [0.4, 0.5) is 0 Å². The van der Waals surface area contributed by atoms with E-state index in [1.54, 1.807) is 11.8 Å². The Morgan fingerprint density at radius 3 is 2.39 bits per heavy atom. The molecule has 0 aromatic heterocycles. The van der Waals surface area contributed by atoms with Gasteiger partial charge < -0.3 is 9.64 Å². The van der Waals surface area contributed by atoms with Gasteiger partial charge in [0, 0.05) is 23.7 Å². The summed E-state index contributed by atoms with van der Waals surface area (Å²) in [4.78, 5) is 26.7. The maximum atomic E-state index is 12.0. The lowest BCUT2D eigenvalue weighted by atomic mass is 10.2. The number of nitrogens with zero attached hydrogens (tertiary/aromatic N) is 1. The topological polar surface area (TPSA) is 46.6 Å². The van der Waals surface area contributed by atoms with Crippen LogP contribution in [0.1, 0.15) is 37.7 Å². The van der Waals surface area contributed by atoms with E-state index in [1.807, 2.05) is 24.0 Å². The average Bonchev–Trinajstić information content (AvgIpc) is 2.84. The molecule has 0 spiro atoms.